The number of aryl methyl sites for hydroxylation is 1. The second-order valence-electron chi connectivity index (χ2n) is 4.27. The van der Waals surface area contributed by atoms with Crippen LogP contribution in [0, 0.1) is 11.8 Å². The summed E-state index contributed by atoms with van der Waals surface area (Å²) >= 11 is 0. The molecule has 0 spiro atoms. The van der Waals surface area contributed by atoms with Crippen molar-refractivity contribution in [2.75, 3.05) is 0 Å². The minimum Gasteiger partial charge on any atom is -0.145 e. The van der Waals surface area contributed by atoms with Gasteiger partial charge in [0.15, 0.2) is 0 Å². The lowest BCUT2D eigenvalue weighted by Crippen LogP contribution is -1.81. The van der Waals surface area contributed by atoms with Crippen molar-refractivity contribution in [2.24, 2.45) is 5.18 Å². The van der Waals surface area contributed by atoms with Crippen LogP contribution in [0.15, 0.2) is 41.6 Å². The van der Waals surface area contributed by atoms with Gasteiger partial charge in [0.05, 0.1) is 0 Å². The lowest BCUT2D eigenvalue weighted by Gasteiger charge is -2.01. The zero-order valence-electron chi connectivity index (χ0n) is 9.03. The molecule has 3 rings (SSSR count). The van der Waals surface area contributed by atoms with Gasteiger partial charge in [0.1, 0.15) is 5.69 Å². The van der Waals surface area contributed by atoms with E-state index in [9.17, 15) is 4.91 Å². The van der Waals surface area contributed by atoms with E-state index in [0.29, 0.717) is 5.69 Å². The molecule has 0 saturated heterocycles. The van der Waals surface area contributed by atoms with Gasteiger partial charge >= 0.3 is 0 Å². The highest BCUT2D eigenvalue weighted by Crippen LogP contribution is 2.38. The molecule has 0 N–H and O–H groups in total. The van der Waals surface area contributed by atoms with E-state index in [0.717, 1.165) is 6.42 Å². The molecule has 0 bridgehead atoms. The van der Waals surface area contributed by atoms with Crippen LogP contribution in [0.4, 0.5) is 5.69 Å². The Morgan fingerprint density at radius 1 is 1.00 bits per heavy atom. The Labute approximate surface area is 93.9 Å². The number of hydrogen-bond acceptors (Lipinski definition) is 2. The molecule has 0 amide bonds. The Morgan fingerprint density at radius 3 is 2.44 bits per heavy atom. The Morgan fingerprint density at radius 2 is 1.69 bits per heavy atom. The van der Waals surface area contributed by atoms with Crippen molar-refractivity contribution in [1.82, 2.24) is 0 Å². The molecule has 0 atom stereocenters. The second-order valence-corrected chi connectivity index (χ2v) is 4.27. The van der Waals surface area contributed by atoms with Gasteiger partial charge in [-0.25, -0.2) is 0 Å². The first-order chi connectivity index (χ1) is 7.78. The van der Waals surface area contributed by atoms with Crippen LogP contribution in [0.5, 0.6) is 0 Å². The molecule has 1 aliphatic rings. The van der Waals surface area contributed by atoms with Crippen molar-refractivity contribution in [3.8, 4) is 11.1 Å². The largest absolute Gasteiger partial charge is 0.145 e. The van der Waals surface area contributed by atoms with E-state index in [1.165, 1.54) is 27.8 Å². The summed E-state index contributed by atoms with van der Waals surface area (Å²) in [7, 11) is 0. The van der Waals surface area contributed by atoms with Crippen LogP contribution in [0.3, 0.4) is 0 Å². The highest BCUT2D eigenvalue weighted by atomic mass is 16.3. The second kappa shape index (κ2) is 3.27. The lowest BCUT2D eigenvalue weighted by molar-refractivity contribution is 1.24. The molecule has 2 heteroatoms. The number of nitroso groups, excluding NO2 is 1. The molecule has 1 aliphatic carbocycles. The molecule has 0 aromatic heterocycles. The van der Waals surface area contributed by atoms with Crippen LogP contribution in [-0.4, -0.2) is 0 Å². The molecule has 0 heterocycles. The van der Waals surface area contributed by atoms with Gasteiger partial charge < -0.3 is 0 Å². The number of benzene rings is 2. The number of fused-ring (bicyclic) bond motifs is 3. The fourth-order valence-corrected chi connectivity index (χ4v) is 2.38. The number of hydrogen-bond donors (Lipinski definition) is 0. The monoisotopic (exact) mass is 209 g/mol. The van der Waals surface area contributed by atoms with Crippen LogP contribution in [0.1, 0.15) is 16.7 Å². The smallest absolute Gasteiger partial charge is 0.108 e. The van der Waals surface area contributed by atoms with Crippen molar-refractivity contribution >= 4 is 5.69 Å². The topological polar surface area (TPSA) is 29.4 Å². The van der Waals surface area contributed by atoms with Crippen LogP contribution < -0.4 is 0 Å². The Hall–Kier alpha value is -1.96. The molecule has 0 aliphatic heterocycles. The summed E-state index contributed by atoms with van der Waals surface area (Å²) in [4.78, 5) is 10.5. The van der Waals surface area contributed by atoms with Gasteiger partial charge in [-0.2, -0.15) is 0 Å². The molecule has 16 heavy (non-hydrogen) atoms. The van der Waals surface area contributed by atoms with Crippen molar-refractivity contribution in [1.29, 1.82) is 0 Å². The maximum absolute atomic E-state index is 10.5. The zero-order valence-corrected chi connectivity index (χ0v) is 9.03. The third-order valence-electron chi connectivity index (χ3n) is 3.13. The third-order valence-corrected chi connectivity index (χ3v) is 3.13. The fourth-order valence-electron chi connectivity index (χ4n) is 2.38. The van der Waals surface area contributed by atoms with Crippen LogP contribution in [0.2, 0.25) is 0 Å². The van der Waals surface area contributed by atoms with Crippen molar-refractivity contribution < 1.29 is 0 Å². The molecule has 2 aromatic carbocycles. The Bertz CT molecular complexity index is 587. The molecule has 0 radical (unpaired) electrons. The Balaban J connectivity index is 2.19. The highest BCUT2D eigenvalue weighted by molar-refractivity contribution is 5.78. The first-order valence-corrected chi connectivity index (χ1v) is 5.34. The maximum Gasteiger partial charge on any atom is 0.108 e. The van der Waals surface area contributed by atoms with E-state index in [4.69, 9.17) is 0 Å². The quantitative estimate of drug-likeness (QED) is 0.558. The summed E-state index contributed by atoms with van der Waals surface area (Å²) in [5.74, 6) is 0. The van der Waals surface area contributed by atoms with E-state index in [1.54, 1.807) is 6.07 Å². The van der Waals surface area contributed by atoms with Crippen molar-refractivity contribution in [2.45, 2.75) is 13.3 Å². The summed E-state index contributed by atoms with van der Waals surface area (Å²) in [6.07, 6.45) is 0.912. The van der Waals surface area contributed by atoms with Crippen LogP contribution in [0.25, 0.3) is 11.1 Å². The van der Waals surface area contributed by atoms with Gasteiger partial charge in [-0.1, -0.05) is 29.8 Å². The van der Waals surface area contributed by atoms with Gasteiger partial charge in [0.2, 0.25) is 0 Å². The average Bonchev–Trinajstić information content (AvgIpc) is 2.64. The number of rotatable bonds is 1. The van der Waals surface area contributed by atoms with Gasteiger partial charge in [-0.15, -0.1) is 4.91 Å². The van der Waals surface area contributed by atoms with E-state index >= 15 is 0 Å². The van der Waals surface area contributed by atoms with Gasteiger partial charge in [-0.3, -0.25) is 0 Å². The van der Waals surface area contributed by atoms with Gasteiger partial charge in [-0.05, 0) is 52.9 Å². The lowest BCUT2D eigenvalue weighted by atomic mass is 10.0. The molecule has 2 nitrogen and oxygen atoms in total. The van der Waals surface area contributed by atoms with Crippen LogP contribution in [-0.2, 0) is 6.42 Å². The van der Waals surface area contributed by atoms with Gasteiger partial charge in [0, 0.05) is 0 Å². The Kier molecular flexibility index (Phi) is 1.90. The first kappa shape index (κ1) is 9.28. The first-order valence-electron chi connectivity index (χ1n) is 5.34. The highest BCUT2D eigenvalue weighted by Gasteiger charge is 2.18. The molecule has 2 aromatic rings. The standard InChI is InChI=1S/C14H11NO/c1-9-2-4-13-10(6-9)7-11-8-12(15-16)3-5-14(11)13/h2-6,8H,7H2,1H3. The summed E-state index contributed by atoms with van der Waals surface area (Å²) in [6.45, 7) is 2.10. The zero-order chi connectivity index (χ0) is 11.1. The predicted molar refractivity (Wildman–Crippen MR) is 64.9 cm³/mol. The minimum atomic E-state index is 0.517. The molecular formula is C14H11NO. The average molecular weight is 209 g/mol. The number of nitrogens with zero attached hydrogens (tertiary/aromatic N) is 1. The molecular weight excluding hydrogens is 198 g/mol. The summed E-state index contributed by atoms with van der Waals surface area (Å²) < 4.78 is 0. The normalized spacial score (nSPS) is 12.1. The van der Waals surface area contributed by atoms with E-state index < -0.39 is 0 Å². The summed E-state index contributed by atoms with van der Waals surface area (Å²) in [6, 6.07) is 12.2. The van der Waals surface area contributed by atoms with E-state index in [2.05, 4.69) is 30.3 Å². The van der Waals surface area contributed by atoms with E-state index in [1.807, 2.05) is 12.1 Å². The predicted octanol–water partition coefficient (Wildman–Crippen LogP) is 3.96. The summed E-state index contributed by atoms with van der Waals surface area (Å²) in [5.41, 5.74) is 6.87. The molecule has 0 saturated carbocycles. The third kappa shape index (κ3) is 1.27. The minimum absolute atomic E-state index is 0.517. The SMILES string of the molecule is Cc1ccc2c(c1)Cc1cc(N=O)ccc1-2. The molecule has 0 fully saturated rings. The van der Waals surface area contributed by atoms with Crippen LogP contribution >= 0.6 is 0 Å². The summed E-state index contributed by atoms with van der Waals surface area (Å²) in [5, 5.41) is 2.98. The molecule has 0 unspecified atom stereocenters. The van der Waals surface area contributed by atoms with E-state index in [-0.39, 0.29) is 0 Å². The molecule has 78 valence electrons. The van der Waals surface area contributed by atoms with Gasteiger partial charge in [0.25, 0.3) is 0 Å². The van der Waals surface area contributed by atoms with Crippen molar-refractivity contribution in [3.05, 3.63) is 58.0 Å². The maximum atomic E-state index is 10.5. The van der Waals surface area contributed by atoms with Crippen molar-refractivity contribution in [3.63, 3.8) is 0 Å². The fraction of sp³-hybridized carbons (Fsp3) is 0.143.